The van der Waals surface area contributed by atoms with Crippen LogP contribution in [-0.2, 0) is 0 Å². The van der Waals surface area contributed by atoms with Crippen LogP contribution in [0.3, 0.4) is 0 Å². The Morgan fingerprint density at radius 1 is 1.11 bits per heavy atom. The second kappa shape index (κ2) is 9.84. The van der Waals surface area contributed by atoms with E-state index in [4.69, 9.17) is 0 Å². The zero-order valence-electron chi connectivity index (χ0n) is 22.4. The number of pyridine rings is 1. The molecular formula is C29H27N9. The van der Waals surface area contributed by atoms with Crippen molar-refractivity contribution in [1.82, 2.24) is 20.0 Å². The van der Waals surface area contributed by atoms with Crippen LogP contribution in [0.5, 0.6) is 0 Å². The van der Waals surface area contributed by atoms with Crippen LogP contribution in [0.4, 0.5) is 11.4 Å². The monoisotopic (exact) mass is 502 g/mol. The second-order valence-corrected chi connectivity index (χ2v) is 10.6. The van der Waals surface area contributed by atoms with Gasteiger partial charge in [-0.15, -0.1) is 5.10 Å². The molecule has 1 saturated carbocycles. The number of fused-ring (bicyclic) bond motifs is 1. The molecule has 9 nitrogen and oxygen atoms in total. The number of nitrogens with one attached hydrogen (secondary N) is 2. The van der Waals surface area contributed by atoms with Crippen molar-refractivity contribution in [1.29, 1.82) is 15.8 Å². The molecular weight excluding hydrogens is 474 g/mol. The first-order valence-corrected chi connectivity index (χ1v) is 12.4. The summed E-state index contributed by atoms with van der Waals surface area (Å²) in [5.74, 6) is 0. The Balaban J connectivity index is 1.67. The van der Waals surface area contributed by atoms with Crippen LogP contribution in [0, 0.1) is 39.4 Å². The Morgan fingerprint density at radius 2 is 1.89 bits per heavy atom. The maximum Gasteiger partial charge on any atom is 0.109 e. The lowest BCUT2D eigenvalue weighted by molar-refractivity contribution is 0.443. The largest absolute Gasteiger partial charge is 0.383 e. The summed E-state index contributed by atoms with van der Waals surface area (Å²) < 4.78 is 11.4. The molecule has 5 rings (SSSR count). The van der Waals surface area contributed by atoms with Crippen LogP contribution in [0.2, 0.25) is 0 Å². The van der Waals surface area contributed by atoms with E-state index in [1.807, 2.05) is 0 Å². The number of rotatable bonds is 7. The van der Waals surface area contributed by atoms with Gasteiger partial charge in [0.2, 0.25) is 0 Å². The predicted octanol–water partition coefficient (Wildman–Crippen LogP) is 5.44. The Labute approximate surface area is 222 Å². The lowest BCUT2D eigenvalue weighted by Gasteiger charge is -2.22. The summed E-state index contributed by atoms with van der Waals surface area (Å²) >= 11 is 0. The van der Waals surface area contributed by atoms with Crippen LogP contribution in [0.15, 0.2) is 48.8 Å². The van der Waals surface area contributed by atoms with E-state index in [0.717, 1.165) is 12.8 Å². The summed E-state index contributed by atoms with van der Waals surface area (Å²) in [5, 5.41) is 45.1. The zero-order valence-corrected chi connectivity index (χ0v) is 21.4. The topological polar surface area (TPSA) is 139 Å². The maximum absolute atomic E-state index is 10.00. The first-order valence-electron chi connectivity index (χ1n) is 12.9. The molecule has 0 aliphatic heterocycles. The molecule has 1 aliphatic carbocycles. The van der Waals surface area contributed by atoms with Gasteiger partial charge >= 0.3 is 0 Å². The summed E-state index contributed by atoms with van der Waals surface area (Å²) in [6, 6.07) is 15.4. The Morgan fingerprint density at radius 3 is 2.58 bits per heavy atom. The van der Waals surface area contributed by atoms with Crippen LogP contribution >= 0.6 is 0 Å². The van der Waals surface area contributed by atoms with Gasteiger partial charge in [0.25, 0.3) is 0 Å². The van der Waals surface area contributed by atoms with Crippen molar-refractivity contribution in [2.24, 2.45) is 5.41 Å². The van der Waals surface area contributed by atoms with E-state index in [1.165, 1.54) is 6.20 Å². The highest BCUT2D eigenvalue weighted by Gasteiger charge is 2.27. The Kier molecular flexibility index (Phi) is 6.08. The fourth-order valence-corrected chi connectivity index (χ4v) is 4.17. The quantitative estimate of drug-likeness (QED) is 0.341. The smallest absolute Gasteiger partial charge is 0.109 e. The predicted molar refractivity (Wildman–Crippen MR) is 144 cm³/mol. The molecule has 2 aromatic heterocycles. The van der Waals surface area contributed by atoms with Gasteiger partial charge in [-0.1, -0.05) is 38.1 Å². The van der Waals surface area contributed by atoms with Crippen molar-refractivity contribution >= 4 is 22.3 Å². The number of hydrogen-bond donors (Lipinski definition) is 2. The third kappa shape index (κ3) is 5.12. The summed E-state index contributed by atoms with van der Waals surface area (Å²) in [7, 11) is 0. The van der Waals surface area contributed by atoms with E-state index in [-0.39, 0.29) is 11.5 Å². The van der Waals surface area contributed by atoms with E-state index in [0.29, 0.717) is 56.8 Å². The van der Waals surface area contributed by atoms with Crippen molar-refractivity contribution < 1.29 is 1.37 Å². The zero-order chi connectivity index (χ0) is 27.8. The molecule has 2 N–H and O–H groups in total. The van der Waals surface area contributed by atoms with Crippen LogP contribution < -0.4 is 10.6 Å². The fourth-order valence-electron chi connectivity index (χ4n) is 4.17. The number of benzene rings is 2. The average Bonchev–Trinajstić information content (AvgIpc) is 3.66. The SMILES string of the molecule is [2H][C@@](Nc1cc(C#N)c2ncc(C#N)c(NCC(C)(C)C)c2c1)(c1cccc(C#N)c1)c1cn(C2CC2)nn1. The van der Waals surface area contributed by atoms with Crippen molar-refractivity contribution in [2.45, 2.75) is 45.7 Å². The minimum atomic E-state index is -1.63. The van der Waals surface area contributed by atoms with Crippen molar-refractivity contribution in [3.8, 4) is 18.2 Å². The minimum Gasteiger partial charge on any atom is -0.383 e. The second-order valence-electron chi connectivity index (χ2n) is 10.6. The highest BCUT2D eigenvalue weighted by atomic mass is 15.4. The van der Waals surface area contributed by atoms with Gasteiger partial charge < -0.3 is 10.6 Å². The molecule has 0 radical (unpaired) electrons. The molecule has 1 fully saturated rings. The molecule has 2 heterocycles. The van der Waals surface area contributed by atoms with E-state index >= 15 is 0 Å². The van der Waals surface area contributed by atoms with Crippen molar-refractivity contribution in [2.75, 3.05) is 17.2 Å². The minimum absolute atomic E-state index is 0.0638. The van der Waals surface area contributed by atoms with E-state index in [9.17, 15) is 17.2 Å². The summed E-state index contributed by atoms with van der Waals surface area (Å²) in [6.07, 6.45) is 5.26. The maximum atomic E-state index is 10.00. The van der Waals surface area contributed by atoms with E-state index in [1.54, 1.807) is 47.3 Å². The molecule has 9 heteroatoms. The van der Waals surface area contributed by atoms with Crippen LogP contribution in [-0.4, -0.2) is 26.5 Å². The molecule has 0 unspecified atom stereocenters. The molecule has 0 amide bonds. The molecule has 0 saturated heterocycles. The fraction of sp³-hybridized carbons (Fsp3) is 0.310. The number of nitrogens with zero attached hydrogens (tertiary/aromatic N) is 7. The van der Waals surface area contributed by atoms with Crippen LogP contribution in [0.1, 0.15) is 75.0 Å². The molecule has 188 valence electrons. The van der Waals surface area contributed by atoms with Crippen molar-refractivity contribution in [3.63, 3.8) is 0 Å². The normalized spacial score (nSPS) is 15.0. The molecule has 0 bridgehead atoms. The highest BCUT2D eigenvalue weighted by molar-refractivity contribution is 5.99. The molecule has 0 spiro atoms. The van der Waals surface area contributed by atoms with Gasteiger partial charge in [-0.25, -0.2) is 4.68 Å². The lowest BCUT2D eigenvalue weighted by Crippen LogP contribution is -2.20. The summed E-state index contributed by atoms with van der Waals surface area (Å²) in [6.45, 7) is 6.85. The molecule has 1 atom stereocenters. The first kappa shape index (κ1) is 23.5. The standard InChI is InChI=1S/C29H27N9/c1-29(2,3)17-34-27-21(14-32)15-33-26-20(13-31)10-22(11-24(26)27)35-28(19-6-4-5-18(9-19)12-30)25-16-38(37-36-25)23-7-8-23/h4-6,9-11,15-16,23,28,35H,7-8,17H2,1-3H3,(H,33,34)/t28-/m1/s1/i28D. The van der Waals surface area contributed by atoms with Gasteiger partial charge in [-0.3, -0.25) is 4.98 Å². The van der Waals surface area contributed by atoms with Gasteiger partial charge in [0.05, 0.1) is 53.6 Å². The third-order valence-corrected chi connectivity index (χ3v) is 6.24. The highest BCUT2D eigenvalue weighted by Crippen LogP contribution is 2.36. The van der Waals surface area contributed by atoms with Gasteiger partial charge in [-0.2, -0.15) is 15.8 Å². The Hall–Kier alpha value is -4.94. The summed E-state index contributed by atoms with van der Waals surface area (Å²) in [4.78, 5) is 4.41. The number of hydrogen-bond acceptors (Lipinski definition) is 8. The van der Waals surface area contributed by atoms with Gasteiger partial charge in [-0.05, 0) is 48.1 Å². The van der Waals surface area contributed by atoms with Gasteiger partial charge in [0, 0.05) is 23.8 Å². The molecule has 38 heavy (non-hydrogen) atoms. The van der Waals surface area contributed by atoms with E-state index in [2.05, 4.69) is 64.9 Å². The van der Waals surface area contributed by atoms with Gasteiger partial charge in [0.15, 0.2) is 0 Å². The van der Waals surface area contributed by atoms with E-state index < -0.39 is 6.02 Å². The van der Waals surface area contributed by atoms with Crippen LogP contribution in [0.25, 0.3) is 10.9 Å². The lowest BCUT2D eigenvalue weighted by atomic mass is 9.96. The van der Waals surface area contributed by atoms with Crippen molar-refractivity contribution in [3.05, 3.63) is 76.7 Å². The molecule has 2 aromatic carbocycles. The third-order valence-electron chi connectivity index (χ3n) is 6.24. The first-order chi connectivity index (χ1) is 18.6. The molecule has 4 aromatic rings. The number of nitriles is 3. The summed E-state index contributed by atoms with van der Waals surface area (Å²) in [5.41, 5.74) is 3.37. The molecule has 1 aliphatic rings. The van der Waals surface area contributed by atoms with Gasteiger partial charge in [0.1, 0.15) is 17.8 Å². The number of anilines is 2. The number of aromatic nitrogens is 4. The Bertz CT molecular complexity index is 1690. The average molecular weight is 503 g/mol.